The van der Waals surface area contributed by atoms with Gasteiger partial charge >= 0.3 is 0 Å². The largest absolute Gasteiger partial charge is 0.508 e. The van der Waals surface area contributed by atoms with Crippen LogP contribution in [0.5, 0.6) is 17.2 Å². The molecule has 0 heterocycles. The molecule has 2 aromatic rings. The highest BCUT2D eigenvalue weighted by Crippen LogP contribution is 2.28. The molecule has 4 nitrogen and oxygen atoms in total. The summed E-state index contributed by atoms with van der Waals surface area (Å²) in [5, 5.41) is 9.42. The minimum absolute atomic E-state index is 0.274. The summed E-state index contributed by atoms with van der Waals surface area (Å²) < 4.78 is 11.1. The van der Waals surface area contributed by atoms with Crippen LogP contribution in [0.1, 0.15) is 11.1 Å². The molecule has 0 spiro atoms. The van der Waals surface area contributed by atoms with Gasteiger partial charge in [-0.05, 0) is 48.4 Å². The van der Waals surface area contributed by atoms with Crippen molar-refractivity contribution in [1.29, 1.82) is 0 Å². The van der Waals surface area contributed by atoms with E-state index >= 15 is 0 Å². The van der Waals surface area contributed by atoms with Crippen molar-refractivity contribution in [2.75, 3.05) is 20.3 Å². The molecule has 2 rings (SSSR count). The molecule has 112 valence electrons. The van der Waals surface area contributed by atoms with Crippen molar-refractivity contribution in [2.24, 2.45) is 5.73 Å². The van der Waals surface area contributed by atoms with Gasteiger partial charge in [0.15, 0.2) is 11.5 Å². The van der Waals surface area contributed by atoms with E-state index in [-0.39, 0.29) is 5.75 Å². The first-order chi connectivity index (χ1) is 10.2. The number of rotatable bonds is 7. The van der Waals surface area contributed by atoms with Crippen LogP contribution in [0.4, 0.5) is 0 Å². The zero-order valence-corrected chi connectivity index (χ0v) is 12.2. The van der Waals surface area contributed by atoms with Crippen molar-refractivity contribution in [3.05, 3.63) is 53.6 Å². The summed E-state index contributed by atoms with van der Waals surface area (Å²) in [6, 6.07) is 13.0. The topological polar surface area (TPSA) is 64.7 Å². The van der Waals surface area contributed by atoms with Crippen molar-refractivity contribution >= 4 is 0 Å². The van der Waals surface area contributed by atoms with Crippen LogP contribution in [0.25, 0.3) is 0 Å². The molecule has 21 heavy (non-hydrogen) atoms. The Labute approximate surface area is 125 Å². The van der Waals surface area contributed by atoms with Gasteiger partial charge < -0.3 is 20.3 Å². The Morgan fingerprint density at radius 2 is 1.81 bits per heavy atom. The van der Waals surface area contributed by atoms with E-state index in [4.69, 9.17) is 15.2 Å². The number of nitrogens with two attached hydrogens (primary N) is 1. The monoisotopic (exact) mass is 287 g/mol. The number of aromatic hydroxyl groups is 1. The van der Waals surface area contributed by atoms with Crippen molar-refractivity contribution in [3.63, 3.8) is 0 Å². The van der Waals surface area contributed by atoms with Crippen LogP contribution in [0.2, 0.25) is 0 Å². The minimum Gasteiger partial charge on any atom is -0.508 e. The Balaban J connectivity index is 1.96. The number of hydrogen-bond donors (Lipinski definition) is 2. The number of benzene rings is 2. The fourth-order valence-corrected chi connectivity index (χ4v) is 2.14. The Bertz CT molecular complexity index is 584. The lowest BCUT2D eigenvalue weighted by atomic mass is 10.1. The Kier molecular flexibility index (Phi) is 5.46. The van der Waals surface area contributed by atoms with Crippen LogP contribution in [0.3, 0.4) is 0 Å². The SMILES string of the molecule is COc1cc(CCN)ccc1OCCc1cccc(O)c1. The number of phenolic OH excluding ortho intramolecular Hbond substituents is 1. The second-order valence-electron chi connectivity index (χ2n) is 4.79. The smallest absolute Gasteiger partial charge is 0.161 e. The van der Waals surface area contributed by atoms with Crippen molar-refractivity contribution in [1.82, 2.24) is 0 Å². The molecular formula is C17H21NO3. The van der Waals surface area contributed by atoms with Gasteiger partial charge in [-0.25, -0.2) is 0 Å². The van der Waals surface area contributed by atoms with Gasteiger partial charge in [-0.3, -0.25) is 0 Å². The van der Waals surface area contributed by atoms with Gasteiger partial charge in [0.2, 0.25) is 0 Å². The maximum atomic E-state index is 9.42. The third-order valence-corrected chi connectivity index (χ3v) is 3.22. The van der Waals surface area contributed by atoms with E-state index in [1.165, 1.54) is 0 Å². The van der Waals surface area contributed by atoms with Gasteiger partial charge in [-0.1, -0.05) is 18.2 Å². The van der Waals surface area contributed by atoms with E-state index in [9.17, 15) is 5.11 Å². The van der Waals surface area contributed by atoms with Gasteiger partial charge in [-0.15, -0.1) is 0 Å². The average Bonchev–Trinajstić information content (AvgIpc) is 2.49. The lowest BCUT2D eigenvalue weighted by molar-refractivity contribution is 0.297. The molecule has 0 radical (unpaired) electrons. The fraction of sp³-hybridized carbons (Fsp3) is 0.294. The third kappa shape index (κ3) is 4.39. The molecule has 2 aromatic carbocycles. The molecule has 0 aliphatic carbocycles. The van der Waals surface area contributed by atoms with Crippen LogP contribution in [-0.4, -0.2) is 25.4 Å². The summed E-state index contributed by atoms with van der Waals surface area (Å²) in [5.74, 6) is 1.71. The summed E-state index contributed by atoms with van der Waals surface area (Å²) in [6.45, 7) is 1.14. The molecule has 0 fully saturated rings. The quantitative estimate of drug-likeness (QED) is 0.821. The molecule has 0 unspecified atom stereocenters. The Morgan fingerprint density at radius 1 is 1.00 bits per heavy atom. The number of phenols is 1. The predicted octanol–water partition coefficient (Wildman–Crippen LogP) is 2.52. The average molecular weight is 287 g/mol. The van der Waals surface area contributed by atoms with Gasteiger partial charge in [-0.2, -0.15) is 0 Å². The van der Waals surface area contributed by atoms with Crippen molar-refractivity contribution in [2.45, 2.75) is 12.8 Å². The fourth-order valence-electron chi connectivity index (χ4n) is 2.14. The molecule has 0 aliphatic rings. The molecule has 0 saturated heterocycles. The molecule has 0 aliphatic heterocycles. The minimum atomic E-state index is 0.274. The summed E-state index contributed by atoms with van der Waals surface area (Å²) in [6.07, 6.45) is 1.54. The van der Waals surface area contributed by atoms with E-state index in [0.29, 0.717) is 13.2 Å². The first-order valence-corrected chi connectivity index (χ1v) is 7.00. The highest BCUT2D eigenvalue weighted by molar-refractivity contribution is 5.43. The predicted molar refractivity (Wildman–Crippen MR) is 83.1 cm³/mol. The van der Waals surface area contributed by atoms with Gasteiger partial charge in [0, 0.05) is 6.42 Å². The molecule has 0 bridgehead atoms. The van der Waals surface area contributed by atoms with Crippen LogP contribution >= 0.6 is 0 Å². The molecule has 3 N–H and O–H groups in total. The lowest BCUT2D eigenvalue weighted by Gasteiger charge is -2.12. The molecule has 0 saturated carbocycles. The first-order valence-electron chi connectivity index (χ1n) is 7.00. The molecule has 0 atom stereocenters. The van der Waals surface area contributed by atoms with E-state index in [1.54, 1.807) is 19.2 Å². The summed E-state index contributed by atoms with van der Waals surface area (Å²) in [4.78, 5) is 0. The summed E-state index contributed by atoms with van der Waals surface area (Å²) >= 11 is 0. The van der Waals surface area contributed by atoms with Crippen LogP contribution < -0.4 is 15.2 Å². The molecular weight excluding hydrogens is 266 g/mol. The second kappa shape index (κ2) is 7.55. The third-order valence-electron chi connectivity index (χ3n) is 3.22. The van der Waals surface area contributed by atoms with Crippen LogP contribution in [0, 0.1) is 0 Å². The maximum absolute atomic E-state index is 9.42. The normalized spacial score (nSPS) is 10.4. The number of hydrogen-bond acceptors (Lipinski definition) is 4. The highest BCUT2D eigenvalue weighted by atomic mass is 16.5. The first kappa shape index (κ1) is 15.2. The zero-order chi connectivity index (χ0) is 15.1. The Hall–Kier alpha value is -2.20. The summed E-state index contributed by atoms with van der Waals surface area (Å²) in [5.41, 5.74) is 7.72. The van der Waals surface area contributed by atoms with E-state index in [0.717, 1.165) is 35.5 Å². The zero-order valence-electron chi connectivity index (χ0n) is 12.2. The molecule has 0 aromatic heterocycles. The van der Waals surface area contributed by atoms with E-state index in [2.05, 4.69) is 0 Å². The van der Waals surface area contributed by atoms with Crippen LogP contribution in [-0.2, 0) is 12.8 Å². The van der Waals surface area contributed by atoms with Crippen molar-refractivity contribution in [3.8, 4) is 17.2 Å². The summed E-state index contributed by atoms with van der Waals surface area (Å²) in [7, 11) is 1.63. The van der Waals surface area contributed by atoms with Crippen LogP contribution in [0.15, 0.2) is 42.5 Å². The number of ether oxygens (including phenoxy) is 2. The van der Waals surface area contributed by atoms with Gasteiger partial charge in [0.25, 0.3) is 0 Å². The van der Waals surface area contributed by atoms with Gasteiger partial charge in [0.05, 0.1) is 13.7 Å². The maximum Gasteiger partial charge on any atom is 0.161 e. The number of methoxy groups -OCH3 is 1. The highest BCUT2D eigenvalue weighted by Gasteiger charge is 2.06. The molecule has 0 amide bonds. The second-order valence-corrected chi connectivity index (χ2v) is 4.79. The molecule has 4 heteroatoms. The standard InChI is InChI=1S/C17H21NO3/c1-20-17-12-14(7-9-18)5-6-16(17)21-10-8-13-3-2-4-15(19)11-13/h2-6,11-12,19H,7-10,18H2,1H3. The van der Waals surface area contributed by atoms with E-state index in [1.807, 2.05) is 30.3 Å². The van der Waals surface area contributed by atoms with Gasteiger partial charge in [0.1, 0.15) is 5.75 Å². The lowest BCUT2D eigenvalue weighted by Crippen LogP contribution is -2.05. The Morgan fingerprint density at radius 3 is 2.52 bits per heavy atom. The van der Waals surface area contributed by atoms with Crippen molar-refractivity contribution < 1.29 is 14.6 Å². The van der Waals surface area contributed by atoms with E-state index < -0.39 is 0 Å².